The average Bonchev–Trinajstić information content (AvgIpc) is 3.48. The Morgan fingerprint density at radius 1 is 1.02 bits per heavy atom. The van der Waals surface area contributed by atoms with Crippen LogP contribution < -0.4 is 15.8 Å². The van der Waals surface area contributed by atoms with Crippen LogP contribution in [0.1, 0.15) is 71.6 Å². The van der Waals surface area contributed by atoms with Gasteiger partial charge in [0.2, 0.25) is 5.88 Å². The molecule has 6 rings (SSSR count). The van der Waals surface area contributed by atoms with E-state index in [2.05, 4.69) is 36.1 Å². The standard InChI is InChI=1S/C38H44N6O6S/c1-22-10-12-30(44(19-22)37(47)34(46)41-26-17-28(33(39)45)35(49-4)40-18-26)25-11-13-31-29(16-25)42-36(51-31)32-23(2)20-43(3)15-14-27(32)38(48)50-21-24-8-6-5-7-9-24/h5-9,11,13,16-18,22-23,27,30,32H,10,12,14-15,19-21H2,1-4H3,(H2,39,45)(H,41,46)/t22-,23-,27?,30+,32-/m0/s1. The van der Waals surface area contributed by atoms with Gasteiger partial charge in [-0.2, -0.15) is 0 Å². The van der Waals surface area contributed by atoms with Crippen molar-refractivity contribution in [1.82, 2.24) is 19.8 Å². The highest BCUT2D eigenvalue weighted by molar-refractivity contribution is 7.18. The Morgan fingerprint density at radius 2 is 1.80 bits per heavy atom. The Hall–Kier alpha value is -4.88. The third-order valence-electron chi connectivity index (χ3n) is 9.93. The number of amides is 3. The number of esters is 1. The highest BCUT2D eigenvalue weighted by Gasteiger charge is 2.40. The first-order valence-electron chi connectivity index (χ1n) is 17.3. The molecule has 2 aromatic heterocycles. The molecule has 0 radical (unpaired) electrons. The summed E-state index contributed by atoms with van der Waals surface area (Å²) in [4.78, 5) is 65.6. The van der Waals surface area contributed by atoms with Crippen molar-refractivity contribution in [3.05, 3.63) is 82.5 Å². The molecule has 51 heavy (non-hydrogen) atoms. The Morgan fingerprint density at radius 3 is 2.55 bits per heavy atom. The van der Waals surface area contributed by atoms with Gasteiger partial charge in [-0.05, 0) is 74.0 Å². The number of rotatable bonds is 8. The second kappa shape index (κ2) is 15.6. The van der Waals surface area contributed by atoms with Crippen LogP contribution in [-0.2, 0) is 25.7 Å². The van der Waals surface area contributed by atoms with Crippen molar-refractivity contribution in [3.8, 4) is 5.88 Å². The minimum atomic E-state index is -0.842. The van der Waals surface area contributed by atoms with E-state index in [1.54, 1.807) is 16.2 Å². The molecule has 0 bridgehead atoms. The van der Waals surface area contributed by atoms with Gasteiger partial charge in [0.1, 0.15) is 12.2 Å². The van der Waals surface area contributed by atoms with Gasteiger partial charge in [0, 0.05) is 19.0 Å². The molecule has 13 heteroatoms. The molecule has 1 unspecified atom stereocenters. The molecule has 2 aliphatic rings. The summed E-state index contributed by atoms with van der Waals surface area (Å²) in [5.74, 6) is -2.56. The molecule has 12 nitrogen and oxygen atoms in total. The zero-order chi connectivity index (χ0) is 36.2. The van der Waals surface area contributed by atoms with Crippen molar-refractivity contribution in [2.24, 2.45) is 23.5 Å². The van der Waals surface area contributed by atoms with Gasteiger partial charge in [0.25, 0.3) is 5.91 Å². The fourth-order valence-corrected chi connectivity index (χ4v) is 8.61. The monoisotopic (exact) mass is 712 g/mol. The topological polar surface area (TPSA) is 157 Å². The van der Waals surface area contributed by atoms with Crippen molar-refractivity contribution in [2.75, 3.05) is 39.1 Å². The highest BCUT2D eigenvalue weighted by Crippen LogP contribution is 2.42. The van der Waals surface area contributed by atoms with Crippen LogP contribution in [0.4, 0.5) is 5.69 Å². The highest BCUT2D eigenvalue weighted by atomic mass is 32.1. The summed E-state index contributed by atoms with van der Waals surface area (Å²) in [6.07, 6.45) is 3.55. The zero-order valence-corrected chi connectivity index (χ0v) is 30.2. The normalized spacial score (nSPS) is 22.6. The number of carbonyl (C=O) groups is 4. The van der Waals surface area contributed by atoms with Gasteiger partial charge >= 0.3 is 17.8 Å². The summed E-state index contributed by atoms with van der Waals surface area (Å²) in [7, 11) is 3.44. The van der Waals surface area contributed by atoms with Crippen LogP contribution in [0.2, 0.25) is 0 Å². The van der Waals surface area contributed by atoms with Crippen LogP contribution in [0.5, 0.6) is 5.88 Å². The van der Waals surface area contributed by atoms with Crippen molar-refractivity contribution in [3.63, 3.8) is 0 Å². The number of piperidine rings is 1. The fraction of sp³-hybridized carbons (Fsp3) is 0.421. The molecule has 4 aromatic rings. The van der Waals surface area contributed by atoms with Crippen molar-refractivity contribution in [2.45, 2.75) is 51.7 Å². The quantitative estimate of drug-likeness (QED) is 0.186. The van der Waals surface area contributed by atoms with E-state index < -0.39 is 17.7 Å². The fourth-order valence-electron chi connectivity index (χ4n) is 7.36. The lowest BCUT2D eigenvalue weighted by atomic mass is 9.82. The Bertz CT molecular complexity index is 1920. The first-order valence-corrected chi connectivity index (χ1v) is 18.1. The number of carbonyl (C=O) groups excluding carboxylic acids is 4. The summed E-state index contributed by atoms with van der Waals surface area (Å²) in [5.41, 5.74) is 8.23. The van der Waals surface area contributed by atoms with Gasteiger partial charge < -0.3 is 30.3 Å². The van der Waals surface area contributed by atoms with Crippen molar-refractivity contribution < 1.29 is 28.7 Å². The van der Waals surface area contributed by atoms with Crippen LogP contribution >= 0.6 is 11.3 Å². The minimum absolute atomic E-state index is 0.0104. The lowest BCUT2D eigenvalue weighted by Gasteiger charge is -2.38. The molecule has 2 aliphatic heterocycles. The van der Waals surface area contributed by atoms with E-state index in [1.807, 2.05) is 48.5 Å². The van der Waals surface area contributed by atoms with E-state index in [0.29, 0.717) is 19.4 Å². The largest absolute Gasteiger partial charge is 0.480 e. The van der Waals surface area contributed by atoms with E-state index >= 15 is 0 Å². The van der Waals surface area contributed by atoms with Gasteiger partial charge in [-0.1, -0.05) is 50.2 Å². The van der Waals surface area contributed by atoms with Crippen LogP contribution in [0, 0.1) is 17.8 Å². The third kappa shape index (κ3) is 8.04. The number of hydrogen-bond acceptors (Lipinski definition) is 10. The Kier molecular flexibility index (Phi) is 11.0. The number of fused-ring (bicyclic) bond motifs is 1. The number of nitrogens with two attached hydrogens (primary N) is 1. The maximum absolute atomic E-state index is 13.7. The second-order valence-corrected chi connectivity index (χ2v) is 14.9. The lowest BCUT2D eigenvalue weighted by molar-refractivity contribution is -0.151. The number of ether oxygens (including phenoxy) is 2. The number of benzene rings is 2. The molecule has 0 spiro atoms. The third-order valence-corrected chi connectivity index (χ3v) is 11.1. The van der Waals surface area contributed by atoms with E-state index in [1.165, 1.54) is 19.4 Å². The molecule has 2 fully saturated rings. The van der Waals surface area contributed by atoms with Crippen LogP contribution in [-0.4, -0.2) is 77.3 Å². The van der Waals surface area contributed by atoms with Crippen LogP contribution in [0.3, 0.4) is 0 Å². The molecule has 2 aromatic carbocycles. The molecular formula is C38H44N6O6S. The maximum atomic E-state index is 13.7. The first-order chi connectivity index (χ1) is 24.5. The van der Waals surface area contributed by atoms with E-state index in [4.69, 9.17) is 20.2 Å². The predicted molar refractivity (Wildman–Crippen MR) is 194 cm³/mol. The number of pyridine rings is 1. The van der Waals surface area contributed by atoms with Crippen LogP contribution in [0.15, 0.2) is 60.8 Å². The molecule has 3 amide bonds. The lowest BCUT2D eigenvalue weighted by Crippen LogP contribution is -2.46. The van der Waals surface area contributed by atoms with E-state index in [9.17, 15) is 19.2 Å². The zero-order valence-electron chi connectivity index (χ0n) is 29.3. The molecule has 0 saturated carbocycles. The first kappa shape index (κ1) is 35.9. The summed E-state index contributed by atoms with van der Waals surface area (Å²) in [6.45, 7) is 6.50. The number of hydrogen-bond donors (Lipinski definition) is 2. The Balaban J connectivity index is 1.24. The number of nitrogens with zero attached hydrogens (tertiary/aromatic N) is 4. The van der Waals surface area contributed by atoms with Gasteiger partial charge in [-0.3, -0.25) is 19.2 Å². The summed E-state index contributed by atoms with van der Waals surface area (Å²) < 4.78 is 11.9. The van der Waals surface area contributed by atoms with Crippen LogP contribution in [0.25, 0.3) is 10.2 Å². The number of anilines is 1. The average molecular weight is 713 g/mol. The van der Waals surface area contributed by atoms with Gasteiger partial charge in [0.05, 0.1) is 46.2 Å². The van der Waals surface area contributed by atoms with Gasteiger partial charge in [-0.25, -0.2) is 9.97 Å². The number of primary amides is 1. The smallest absolute Gasteiger partial charge is 0.313 e. The summed E-state index contributed by atoms with van der Waals surface area (Å²) >= 11 is 1.60. The number of thiazole rings is 1. The maximum Gasteiger partial charge on any atom is 0.313 e. The molecule has 4 heterocycles. The van der Waals surface area contributed by atoms with Crippen molar-refractivity contribution in [1.29, 1.82) is 0 Å². The van der Waals surface area contributed by atoms with E-state index in [-0.39, 0.29) is 59.4 Å². The predicted octanol–water partition coefficient (Wildman–Crippen LogP) is 5.15. The van der Waals surface area contributed by atoms with Gasteiger partial charge in [0.15, 0.2) is 0 Å². The minimum Gasteiger partial charge on any atom is -0.480 e. The summed E-state index contributed by atoms with van der Waals surface area (Å²) in [6, 6.07) is 16.8. The molecule has 0 aliphatic carbocycles. The van der Waals surface area contributed by atoms with E-state index in [0.717, 1.165) is 45.9 Å². The number of methoxy groups -OCH3 is 1. The Labute approximate surface area is 301 Å². The van der Waals surface area contributed by atoms with Crippen molar-refractivity contribution >= 4 is 50.9 Å². The summed E-state index contributed by atoms with van der Waals surface area (Å²) in [5, 5.41) is 3.48. The molecule has 5 atom stereocenters. The van der Waals surface area contributed by atoms with Gasteiger partial charge in [-0.15, -0.1) is 11.3 Å². The second-order valence-electron chi connectivity index (χ2n) is 13.8. The SMILES string of the molecule is COc1ncc(NC(=O)C(=O)N2C[C@@H](C)CC[C@@H]2c2ccc3sc([C@@H]4C(C(=O)OCc5ccccc5)CCN(C)C[C@@H]4C)nc3c2)cc1C(N)=O. The number of likely N-dealkylation sites (tertiary alicyclic amines) is 2. The molecule has 2 saturated heterocycles. The molecule has 268 valence electrons. The molecule has 3 N–H and O–H groups in total. The molecular weight excluding hydrogens is 669 g/mol. The number of nitrogens with one attached hydrogen (secondary N) is 1. The number of aromatic nitrogens is 2.